The zero-order valence-corrected chi connectivity index (χ0v) is 19.6. The topological polar surface area (TPSA) is 67.9 Å². The van der Waals surface area contributed by atoms with E-state index in [-0.39, 0.29) is 11.6 Å². The third kappa shape index (κ3) is 4.66. The number of ether oxygens (including phenoxy) is 2. The van der Waals surface area contributed by atoms with Crippen LogP contribution in [0.1, 0.15) is 30.9 Å². The van der Waals surface area contributed by atoms with E-state index < -0.39 is 5.91 Å². The van der Waals surface area contributed by atoms with Crippen LogP contribution >= 0.6 is 0 Å². The number of anilines is 2. The van der Waals surface area contributed by atoms with Gasteiger partial charge in [0.25, 0.3) is 11.8 Å². The fourth-order valence-electron chi connectivity index (χ4n) is 3.97. The molecule has 4 rings (SSSR count). The molecule has 6 nitrogen and oxygen atoms in total. The van der Waals surface area contributed by atoms with Gasteiger partial charge in [0, 0.05) is 23.9 Å². The minimum Gasteiger partial charge on any atom is -0.497 e. The Morgan fingerprint density at radius 3 is 2.06 bits per heavy atom. The molecule has 0 radical (unpaired) electrons. The van der Waals surface area contributed by atoms with Crippen molar-refractivity contribution in [3.05, 3.63) is 89.6 Å². The maximum Gasteiger partial charge on any atom is 0.282 e. The molecule has 1 aliphatic rings. The largest absolute Gasteiger partial charge is 0.497 e. The lowest BCUT2D eigenvalue weighted by atomic mass is 10.0. The fourth-order valence-corrected chi connectivity index (χ4v) is 3.97. The molecule has 0 aromatic heterocycles. The minimum absolute atomic E-state index is 0.210. The van der Waals surface area contributed by atoms with Gasteiger partial charge in [-0.15, -0.1) is 0 Å². The normalized spacial score (nSPS) is 13.4. The van der Waals surface area contributed by atoms with Crippen LogP contribution in [-0.4, -0.2) is 26.0 Å². The van der Waals surface area contributed by atoms with Gasteiger partial charge in [-0.3, -0.25) is 9.59 Å². The molecule has 34 heavy (non-hydrogen) atoms. The number of carbonyl (C=O) groups excluding carboxylic acids is 2. The van der Waals surface area contributed by atoms with Gasteiger partial charge in [-0.05, 0) is 36.1 Å². The van der Waals surface area contributed by atoms with Gasteiger partial charge in [0.05, 0.1) is 25.5 Å². The standard InChI is InChI=1S/C28H28N2O4/c1-4-5-9-19-12-14-22(15-13-19)30-27(31)25(20-10-7-6-8-11-20)26(28(30)32)29-21-16-23(33-2)18-24(17-21)34-3/h6-8,10-18,29H,4-5,9H2,1-3H3. The summed E-state index contributed by atoms with van der Waals surface area (Å²) in [6, 6.07) is 22.1. The van der Waals surface area contributed by atoms with Crippen LogP contribution in [-0.2, 0) is 16.0 Å². The summed E-state index contributed by atoms with van der Waals surface area (Å²) in [5.41, 5.74) is 3.51. The second-order valence-electron chi connectivity index (χ2n) is 8.06. The van der Waals surface area contributed by atoms with E-state index in [1.165, 1.54) is 10.5 Å². The van der Waals surface area contributed by atoms with Crippen molar-refractivity contribution in [2.75, 3.05) is 24.4 Å². The van der Waals surface area contributed by atoms with E-state index in [1.54, 1.807) is 32.4 Å². The van der Waals surface area contributed by atoms with Gasteiger partial charge >= 0.3 is 0 Å². The van der Waals surface area contributed by atoms with Crippen molar-refractivity contribution < 1.29 is 19.1 Å². The average molecular weight is 457 g/mol. The molecule has 1 heterocycles. The lowest BCUT2D eigenvalue weighted by Gasteiger charge is -2.16. The number of unbranched alkanes of at least 4 members (excludes halogenated alkanes) is 1. The van der Waals surface area contributed by atoms with Crippen molar-refractivity contribution >= 4 is 28.8 Å². The van der Waals surface area contributed by atoms with E-state index in [0.29, 0.717) is 34.0 Å². The zero-order chi connectivity index (χ0) is 24.1. The van der Waals surface area contributed by atoms with E-state index in [1.807, 2.05) is 54.6 Å². The van der Waals surface area contributed by atoms with Crippen LogP contribution in [0.5, 0.6) is 11.5 Å². The maximum absolute atomic E-state index is 13.6. The smallest absolute Gasteiger partial charge is 0.282 e. The first-order valence-corrected chi connectivity index (χ1v) is 11.3. The molecular formula is C28H28N2O4. The van der Waals surface area contributed by atoms with Crippen LogP contribution < -0.4 is 19.7 Å². The van der Waals surface area contributed by atoms with E-state index in [9.17, 15) is 9.59 Å². The zero-order valence-electron chi connectivity index (χ0n) is 19.6. The number of nitrogens with zero attached hydrogens (tertiary/aromatic N) is 1. The Balaban J connectivity index is 1.73. The average Bonchev–Trinajstić information content (AvgIpc) is 3.12. The van der Waals surface area contributed by atoms with E-state index in [2.05, 4.69) is 12.2 Å². The monoisotopic (exact) mass is 456 g/mol. The summed E-state index contributed by atoms with van der Waals surface area (Å²) >= 11 is 0. The molecule has 0 unspecified atom stereocenters. The third-order valence-corrected chi connectivity index (χ3v) is 5.78. The van der Waals surface area contributed by atoms with Gasteiger partial charge in [-0.1, -0.05) is 55.8 Å². The Morgan fingerprint density at radius 1 is 0.824 bits per heavy atom. The predicted molar refractivity (Wildman–Crippen MR) is 134 cm³/mol. The van der Waals surface area contributed by atoms with Crippen LogP contribution in [0.15, 0.2) is 78.5 Å². The van der Waals surface area contributed by atoms with Gasteiger partial charge < -0.3 is 14.8 Å². The Kier molecular flexibility index (Phi) is 6.97. The molecule has 0 aliphatic carbocycles. The molecule has 3 aromatic rings. The van der Waals surface area contributed by atoms with Crippen molar-refractivity contribution in [3.63, 3.8) is 0 Å². The second kappa shape index (κ2) is 10.3. The van der Waals surface area contributed by atoms with Crippen molar-refractivity contribution in [3.8, 4) is 11.5 Å². The summed E-state index contributed by atoms with van der Waals surface area (Å²) in [6.07, 6.45) is 3.18. The molecule has 3 aromatic carbocycles. The lowest BCUT2D eigenvalue weighted by molar-refractivity contribution is -0.120. The molecule has 0 saturated heterocycles. The van der Waals surface area contributed by atoms with Crippen molar-refractivity contribution in [1.29, 1.82) is 0 Å². The summed E-state index contributed by atoms with van der Waals surface area (Å²) in [7, 11) is 3.12. The number of nitrogens with one attached hydrogen (secondary N) is 1. The third-order valence-electron chi connectivity index (χ3n) is 5.78. The van der Waals surface area contributed by atoms with E-state index in [0.717, 1.165) is 19.3 Å². The number of methoxy groups -OCH3 is 2. The number of hydrogen-bond acceptors (Lipinski definition) is 5. The van der Waals surface area contributed by atoms with Gasteiger partial charge in [0.2, 0.25) is 0 Å². The number of carbonyl (C=O) groups is 2. The quantitative estimate of drug-likeness (QED) is 0.434. The highest BCUT2D eigenvalue weighted by Crippen LogP contribution is 2.35. The Morgan fingerprint density at radius 2 is 1.47 bits per heavy atom. The number of imide groups is 1. The van der Waals surface area contributed by atoms with Crippen LogP contribution in [0.2, 0.25) is 0 Å². The molecule has 0 fully saturated rings. The molecule has 0 atom stereocenters. The summed E-state index contributed by atoms with van der Waals surface area (Å²) in [5, 5.41) is 3.17. The first-order chi connectivity index (χ1) is 16.5. The summed E-state index contributed by atoms with van der Waals surface area (Å²) in [6.45, 7) is 2.15. The molecule has 1 N–H and O–H groups in total. The van der Waals surface area contributed by atoms with E-state index in [4.69, 9.17) is 9.47 Å². The molecule has 1 aliphatic heterocycles. The number of benzene rings is 3. The molecule has 0 spiro atoms. The Labute approximate surface area is 199 Å². The molecule has 174 valence electrons. The van der Waals surface area contributed by atoms with Crippen LogP contribution in [0.4, 0.5) is 11.4 Å². The number of hydrogen-bond donors (Lipinski definition) is 1. The predicted octanol–water partition coefficient (Wildman–Crippen LogP) is 5.44. The van der Waals surface area contributed by atoms with Crippen molar-refractivity contribution in [2.24, 2.45) is 0 Å². The minimum atomic E-state index is -0.410. The molecule has 2 amide bonds. The van der Waals surface area contributed by atoms with Gasteiger partial charge in [0.15, 0.2) is 0 Å². The van der Waals surface area contributed by atoms with Crippen molar-refractivity contribution in [2.45, 2.75) is 26.2 Å². The number of amides is 2. The molecule has 0 bridgehead atoms. The van der Waals surface area contributed by atoms with Gasteiger partial charge in [0.1, 0.15) is 17.2 Å². The Bertz CT molecular complexity index is 1190. The molecule has 6 heteroatoms. The highest BCUT2D eigenvalue weighted by atomic mass is 16.5. The molecule has 0 saturated carbocycles. The maximum atomic E-state index is 13.6. The number of aryl methyl sites for hydroxylation is 1. The summed E-state index contributed by atoms with van der Waals surface area (Å²) in [4.78, 5) is 28.4. The van der Waals surface area contributed by atoms with Gasteiger partial charge in [-0.25, -0.2) is 4.90 Å². The first kappa shape index (κ1) is 23.1. The summed E-state index contributed by atoms with van der Waals surface area (Å²) < 4.78 is 10.7. The highest BCUT2D eigenvalue weighted by Gasteiger charge is 2.40. The highest BCUT2D eigenvalue weighted by molar-refractivity contribution is 6.46. The first-order valence-electron chi connectivity index (χ1n) is 11.3. The van der Waals surface area contributed by atoms with Gasteiger partial charge in [-0.2, -0.15) is 0 Å². The SMILES string of the molecule is CCCCc1ccc(N2C(=O)C(Nc3cc(OC)cc(OC)c3)=C(c3ccccc3)C2=O)cc1. The fraction of sp³-hybridized carbons (Fsp3) is 0.214. The lowest BCUT2D eigenvalue weighted by Crippen LogP contribution is -2.32. The number of rotatable bonds is 9. The van der Waals surface area contributed by atoms with Crippen molar-refractivity contribution in [1.82, 2.24) is 0 Å². The molecular weight excluding hydrogens is 428 g/mol. The van der Waals surface area contributed by atoms with E-state index >= 15 is 0 Å². The summed E-state index contributed by atoms with van der Waals surface area (Å²) in [5.74, 6) is 0.363. The van der Waals surface area contributed by atoms with Crippen LogP contribution in [0, 0.1) is 0 Å². The second-order valence-corrected chi connectivity index (χ2v) is 8.06. The Hall–Kier alpha value is -4.06. The van der Waals surface area contributed by atoms with Crippen LogP contribution in [0.3, 0.4) is 0 Å². The van der Waals surface area contributed by atoms with Crippen LogP contribution in [0.25, 0.3) is 5.57 Å².